The van der Waals surface area contributed by atoms with Crippen LogP contribution < -0.4 is 10.1 Å². The Balaban J connectivity index is 1.77. The van der Waals surface area contributed by atoms with E-state index in [9.17, 15) is 18.0 Å². The molecule has 0 saturated carbocycles. The number of benzene rings is 2. The second-order valence-corrected chi connectivity index (χ2v) is 8.89. The fourth-order valence-electron chi connectivity index (χ4n) is 3.29. The number of hydrogen-bond acceptors (Lipinski definition) is 6. The molecule has 0 spiro atoms. The molecule has 1 N–H and O–H groups in total. The molecular weight excluding hydrogens is 420 g/mol. The highest BCUT2D eigenvalue weighted by Gasteiger charge is 2.27. The van der Waals surface area contributed by atoms with E-state index in [2.05, 4.69) is 5.32 Å². The molecule has 9 heteroatoms. The molecular formula is C22H26N2O6S. The average molecular weight is 447 g/mol. The second kappa shape index (κ2) is 9.93. The summed E-state index contributed by atoms with van der Waals surface area (Å²) >= 11 is 0. The molecule has 3 rings (SSSR count). The predicted octanol–water partition coefficient (Wildman–Crippen LogP) is 3.30. The van der Waals surface area contributed by atoms with E-state index in [1.54, 1.807) is 26.0 Å². The molecule has 1 aliphatic rings. The van der Waals surface area contributed by atoms with Crippen LogP contribution in [0.25, 0.3) is 0 Å². The summed E-state index contributed by atoms with van der Waals surface area (Å²) in [7, 11) is -3.53. The van der Waals surface area contributed by atoms with E-state index in [4.69, 9.17) is 9.47 Å². The summed E-state index contributed by atoms with van der Waals surface area (Å²) in [4.78, 5) is 24.8. The number of rotatable bonds is 8. The number of hydrogen-bond donors (Lipinski definition) is 1. The third-order valence-corrected chi connectivity index (χ3v) is 6.77. The Morgan fingerprint density at radius 1 is 0.968 bits per heavy atom. The highest BCUT2D eigenvalue weighted by Crippen LogP contribution is 2.27. The van der Waals surface area contributed by atoms with E-state index in [1.165, 1.54) is 34.6 Å². The fraction of sp³-hybridized carbons (Fsp3) is 0.364. The van der Waals surface area contributed by atoms with E-state index < -0.39 is 21.9 Å². The van der Waals surface area contributed by atoms with Crippen molar-refractivity contribution in [1.82, 2.24) is 4.31 Å². The monoisotopic (exact) mass is 446 g/mol. The minimum absolute atomic E-state index is 0.166. The van der Waals surface area contributed by atoms with Crippen molar-refractivity contribution < 1.29 is 27.5 Å². The van der Waals surface area contributed by atoms with Gasteiger partial charge in [-0.3, -0.25) is 4.79 Å². The van der Waals surface area contributed by atoms with Gasteiger partial charge in [0.2, 0.25) is 10.0 Å². The van der Waals surface area contributed by atoms with Crippen LogP contribution in [0.4, 0.5) is 5.69 Å². The lowest BCUT2D eigenvalue weighted by Crippen LogP contribution is -2.27. The zero-order chi connectivity index (χ0) is 22.4. The average Bonchev–Trinajstić information content (AvgIpc) is 3.31. The molecule has 1 amide bonds. The third kappa shape index (κ3) is 5.23. The van der Waals surface area contributed by atoms with Crippen molar-refractivity contribution in [3.8, 4) is 5.75 Å². The number of nitrogens with zero attached hydrogens (tertiary/aromatic N) is 1. The van der Waals surface area contributed by atoms with Gasteiger partial charge in [0.25, 0.3) is 5.91 Å². The lowest BCUT2D eigenvalue weighted by Gasteiger charge is -2.16. The minimum atomic E-state index is -3.53. The standard InChI is InChI=1S/C22H26N2O6S/c1-3-29-20-15-17(22(26)30-4-2)9-12-19(20)23-21(25)16-7-10-18(11-8-16)31(27,28)24-13-5-6-14-24/h7-12,15H,3-6,13-14H2,1-2H3,(H,23,25). The topological polar surface area (TPSA) is 102 Å². The second-order valence-electron chi connectivity index (χ2n) is 6.95. The van der Waals surface area contributed by atoms with Crippen LogP contribution in [0.5, 0.6) is 5.75 Å². The maximum Gasteiger partial charge on any atom is 0.338 e. The molecule has 0 bridgehead atoms. The first-order valence-electron chi connectivity index (χ1n) is 10.2. The number of nitrogens with one attached hydrogen (secondary N) is 1. The maximum absolute atomic E-state index is 12.7. The van der Waals surface area contributed by atoms with Gasteiger partial charge in [-0.2, -0.15) is 4.31 Å². The molecule has 0 radical (unpaired) electrons. The largest absolute Gasteiger partial charge is 0.492 e. The molecule has 1 heterocycles. The predicted molar refractivity (Wildman–Crippen MR) is 116 cm³/mol. The van der Waals surface area contributed by atoms with E-state index >= 15 is 0 Å². The molecule has 1 fully saturated rings. The van der Waals surface area contributed by atoms with Crippen molar-refractivity contribution in [3.63, 3.8) is 0 Å². The smallest absolute Gasteiger partial charge is 0.338 e. The maximum atomic E-state index is 12.7. The van der Waals surface area contributed by atoms with Crippen LogP contribution in [-0.4, -0.2) is 50.9 Å². The van der Waals surface area contributed by atoms with Crippen LogP contribution in [0.3, 0.4) is 0 Å². The summed E-state index contributed by atoms with van der Waals surface area (Å²) in [6.07, 6.45) is 1.72. The van der Waals surface area contributed by atoms with Crippen LogP contribution in [0.2, 0.25) is 0 Å². The van der Waals surface area contributed by atoms with E-state index in [-0.39, 0.29) is 11.5 Å². The summed E-state index contributed by atoms with van der Waals surface area (Å²) in [6.45, 7) is 5.15. The Labute approximate surface area is 182 Å². The fourth-order valence-corrected chi connectivity index (χ4v) is 4.81. The van der Waals surface area contributed by atoms with Gasteiger partial charge in [-0.15, -0.1) is 0 Å². The van der Waals surface area contributed by atoms with Crippen molar-refractivity contribution in [2.24, 2.45) is 0 Å². The Hall–Kier alpha value is -2.91. The first-order chi connectivity index (χ1) is 14.9. The van der Waals surface area contributed by atoms with Gasteiger partial charge in [-0.05, 0) is 69.2 Å². The number of esters is 1. The molecule has 2 aromatic carbocycles. The lowest BCUT2D eigenvalue weighted by molar-refractivity contribution is 0.0526. The number of carbonyl (C=O) groups excluding carboxylic acids is 2. The van der Waals surface area contributed by atoms with Gasteiger partial charge in [0, 0.05) is 18.7 Å². The van der Waals surface area contributed by atoms with Crippen molar-refractivity contribution in [2.45, 2.75) is 31.6 Å². The Bertz CT molecular complexity index is 1040. The van der Waals surface area contributed by atoms with Crippen molar-refractivity contribution in [3.05, 3.63) is 53.6 Å². The SMILES string of the molecule is CCOC(=O)c1ccc(NC(=O)c2ccc(S(=O)(=O)N3CCCC3)cc2)c(OCC)c1. The summed E-state index contributed by atoms with van der Waals surface area (Å²) in [6, 6.07) is 10.5. The molecule has 0 aromatic heterocycles. The van der Waals surface area contributed by atoms with Gasteiger partial charge < -0.3 is 14.8 Å². The first-order valence-corrected chi connectivity index (χ1v) is 11.7. The summed E-state index contributed by atoms with van der Waals surface area (Å²) < 4.78 is 37.3. The number of ether oxygens (including phenoxy) is 2. The van der Waals surface area contributed by atoms with Crippen molar-refractivity contribution in [1.29, 1.82) is 0 Å². The lowest BCUT2D eigenvalue weighted by atomic mass is 10.1. The molecule has 166 valence electrons. The molecule has 0 aliphatic carbocycles. The van der Waals surface area contributed by atoms with Crippen molar-refractivity contribution >= 4 is 27.6 Å². The van der Waals surface area contributed by atoms with Gasteiger partial charge >= 0.3 is 5.97 Å². The van der Waals surface area contributed by atoms with Gasteiger partial charge in [0.05, 0.1) is 29.4 Å². The number of anilines is 1. The number of carbonyl (C=O) groups is 2. The molecule has 0 atom stereocenters. The van der Waals surface area contributed by atoms with Crippen LogP contribution in [0, 0.1) is 0 Å². The van der Waals surface area contributed by atoms with Gasteiger partial charge in [0.1, 0.15) is 5.75 Å². The van der Waals surface area contributed by atoms with E-state index in [0.717, 1.165) is 12.8 Å². The minimum Gasteiger partial charge on any atom is -0.492 e. The van der Waals surface area contributed by atoms with Crippen LogP contribution in [0.1, 0.15) is 47.4 Å². The Kier molecular flexibility index (Phi) is 7.29. The molecule has 31 heavy (non-hydrogen) atoms. The van der Waals surface area contributed by atoms with Gasteiger partial charge in [0.15, 0.2) is 0 Å². The normalized spacial score (nSPS) is 14.3. The molecule has 1 saturated heterocycles. The van der Waals surface area contributed by atoms with Crippen LogP contribution in [0.15, 0.2) is 47.4 Å². The summed E-state index contributed by atoms with van der Waals surface area (Å²) in [5.74, 6) is -0.555. The van der Waals surface area contributed by atoms with E-state index in [1.807, 2.05) is 0 Å². The van der Waals surface area contributed by atoms with E-state index in [0.29, 0.717) is 42.3 Å². The quantitative estimate of drug-likeness (QED) is 0.625. The Morgan fingerprint density at radius 2 is 1.61 bits per heavy atom. The number of sulfonamides is 1. The van der Waals surface area contributed by atoms with Gasteiger partial charge in [-0.25, -0.2) is 13.2 Å². The molecule has 1 aliphatic heterocycles. The third-order valence-electron chi connectivity index (χ3n) is 4.86. The number of amides is 1. The van der Waals surface area contributed by atoms with Gasteiger partial charge in [-0.1, -0.05) is 0 Å². The molecule has 0 unspecified atom stereocenters. The molecule has 2 aromatic rings. The van der Waals surface area contributed by atoms with Crippen molar-refractivity contribution in [2.75, 3.05) is 31.6 Å². The highest BCUT2D eigenvalue weighted by atomic mass is 32.2. The zero-order valence-corrected chi connectivity index (χ0v) is 18.4. The zero-order valence-electron chi connectivity index (χ0n) is 17.6. The highest BCUT2D eigenvalue weighted by molar-refractivity contribution is 7.89. The van der Waals surface area contributed by atoms with Crippen LogP contribution >= 0.6 is 0 Å². The first kappa shape index (κ1) is 22.8. The molecule has 8 nitrogen and oxygen atoms in total. The summed E-state index contributed by atoms with van der Waals surface area (Å²) in [5.41, 5.74) is 1.02. The summed E-state index contributed by atoms with van der Waals surface area (Å²) in [5, 5.41) is 2.75. The van der Waals surface area contributed by atoms with Crippen LogP contribution in [-0.2, 0) is 14.8 Å². The Morgan fingerprint density at radius 3 is 2.23 bits per heavy atom.